The van der Waals surface area contributed by atoms with Gasteiger partial charge in [0.1, 0.15) is 18.1 Å². The second-order valence-corrected chi connectivity index (χ2v) is 8.55. The van der Waals surface area contributed by atoms with Crippen molar-refractivity contribution in [1.82, 2.24) is 9.80 Å². The van der Waals surface area contributed by atoms with Crippen LogP contribution in [0.1, 0.15) is 0 Å². The predicted molar refractivity (Wildman–Crippen MR) is 108 cm³/mol. The maximum atomic E-state index is 13.4. The number of amides is 2. The summed E-state index contributed by atoms with van der Waals surface area (Å²) in [6.45, 7) is 0.962. The van der Waals surface area contributed by atoms with E-state index in [1.165, 1.54) is 48.4 Å². The van der Waals surface area contributed by atoms with E-state index in [9.17, 15) is 22.4 Å². The Kier molecular flexibility index (Phi) is 6.56. The second kappa shape index (κ2) is 9.12. The highest BCUT2D eigenvalue weighted by Gasteiger charge is 2.30. The van der Waals surface area contributed by atoms with Crippen molar-refractivity contribution in [3.63, 3.8) is 0 Å². The Morgan fingerprint density at radius 3 is 2.20 bits per heavy atom. The van der Waals surface area contributed by atoms with Crippen molar-refractivity contribution in [1.29, 1.82) is 0 Å². The molecule has 3 rings (SSSR count). The first-order valence-electron chi connectivity index (χ1n) is 9.24. The van der Waals surface area contributed by atoms with Crippen molar-refractivity contribution in [2.24, 2.45) is 0 Å². The van der Waals surface area contributed by atoms with Crippen molar-refractivity contribution in [3.05, 3.63) is 54.3 Å². The van der Waals surface area contributed by atoms with Crippen LogP contribution in [-0.4, -0.2) is 70.4 Å². The van der Waals surface area contributed by atoms with E-state index in [1.807, 2.05) is 0 Å². The number of methoxy groups -OCH3 is 1. The molecule has 2 aromatic carbocycles. The lowest BCUT2D eigenvalue weighted by atomic mass is 10.3. The number of nitrogens with zero attached hydrogens (tertiary/aromatic N) is 3. The predicted octanol–water partition coefficient (Wildman–Crippen LogP) is 1.33. The molecule has 1 fully saturated rings. The normalized spacial score (nSPS) is 14.3. The zero-order valence-corrected chi connectivity index (χ0v) is 17.2. The van der Waals surface area contributed by atoms with Gasteiger partial charge in [-0.2, -0.15) is 0 Å². The van der Waals surface area contributed by atoms with Gasteiger partial charge in [-0.05, 0) is 48.5 Å². The molecule has 0 radical (unpaired) electrons. The molecule has 0 saturated carbocycles. The minimum absolute atomic E-state index is 0.0220. The Balaban J connectivity index is 1.89. The van der Waals surface area contributed by atoms with Gasteiger partial charge >= 0.3 is 0 Å². The van der Waals surface area contributed by atoms with Crippen LogP contribution in [0.3, 0.4) is 0 Å². The van der Waals surface area contributed by atoms with E-state index in [1.54, 1.807) is 4.90 Å². The summed E-state index contributed by atoms with van der Waals surface area (Å²) in [7, 11) is -2.63. The average Bonchev–Trinajstić information content (AvgIpc) is 2.78. The molecule has 1 heterocycles. The molecular formula is C20H22FN3O5S. The summed E-state index contributed by atoms with van der Waals surface area (Å²) in [4.78, 5) is 26.7. The zero-order chi connectivity index (χ0) is 21.7. The topological polar surface area (TPSA) is 87.2 Å². The van der Waals surface area contributed by atoms with Gasteiger partial charge in [0, 0.05) is 26.2 Å². The van der Waals surface area contributed by atoms with Crippen LogP contribution in [0, 0.1) is 5.82 Å². The van der Waals surface area contributed by atoms with E-state index in [0.29, 0.717) is 31.9 Å². The molecule has 2 aromatic rings. The minimum Gasteiger partial charge on any atom is -0.497 e. The summed E-state index contributed by atoms with van der Waals surface area (Å²) in [6.07, 6.45) is 0.723. The fraction of sp³-hybridized carbons (Fsp3) is 0.300. The van der Waals surface area contributed by atoms with Crippen LogP contribution < -0.4 is 9.04 Å². The lowest BCUT2D eigenvalue weighted by Gasteiger charge is -2.34. The van der Waals surface area contributed by atoms with Crippen molar-refractivity contribution in [3.8, 4) is 5.75 Å². The highest BCUT2D eigenvalue weighted by Crippen LogP contribution is 2.25. The van der Waals surface area contributed by atoms with Crippen LogP contribution in [0.4, 0.5) is 10.1 Å². The number of hydrogen-bond acceptors (Lipinski definition) is 5. The number of hydrogen-bond donors (Lipinski definition) is 0. The Morgan fingerprint density at radius 1 is 1.07 bits per heavy atom. The minimum atomic E-state index is -4.10. The standard InChI is InChI=1S/C20H22FN3O5S/c1-29-18-6-8-19(9-7-18)30(27,28)24(17-4-2-16(21)3-5-17)14-20(26)23-12-10-22(15-25)11-13-23/h2-9,15H,10-14H2,1H3. The highest BCUT2D eigenvalue weighted by atomic mass is 32.2. The third-order valence-corrected chi connectivity index (χ3v) is 6.65. The van der Waals surface area contributed by atoms with E-state index < -0.39 is 28.3 Å². The number of sulfonamides is 1. The molecule has 0 N–H and O–H groups in total. The van der Waals surface area contributed by atoms with Crippen LogP contribution in [-0.2, 0) is 19.6 Å². The van der Waals surface area contributed by atoms with Crippen LogP contribution in [0.2, 0.25) is 0 Å². The van der Waals surface area contributed by atoms with Crippen LogP contribution in [0.25, 0.3) is 0 Å². The molecule has 0 atom stereocenters. The van der Waals surface area contributed by atoms with Crippen LogP contribution in [0.15, 0.2) is 53.4 Å². The average molecular weight is 435 g/mol. The van der Waals surface area contributed by atoms with Gasteiger partial charge in [-0.15, -0.1) is 0 Å². The molecule has 0 spiro atoms. The number of halogens is 1. The van der Waals surface area contributed by atoms with E-state index >= 15 is 0 Å². The van der Waals surface area contributed by atoms with Gasteiger partial charge in [-0.25, -0.2) is 12.8 Å². The lowest BCUT2D eigenvalue weighted by molar-refractivity contribution is -0.133. The maximum Gasteiger partial charge on any atom is 0.264 e. The summed E-state index contributed by atoms with van der Waals surface area (Å²) < 4.78 is 46.0. The van der Waals surface area contributed by atoms with E-state index in [0.717, 1.165) is 22.8 Å². The number of piperazine rings is 1. The maximum absolute atomic E-state index is 13.4. The quantitative estimate of drug-likeness (QED) is 0.613. The molecule has 30 heavy (non-hydrogen) atoms. The molecule has 1 aliphatic heterocycles. The second-order valence-electron chi connectivity index (χ2n) is 6.69. The molecule has 0 unspecified atom stereocenters. The van der Waals surface area contributed by atoms with Gasteiger partial charge in [0.15, 0.2) is 0 Å². The SMILES string of the molecule is COc1ccc(S(=O)(=O)N(CC(=O)N2CCN(C=O)CC2)c2ccc(F)cc2)cc1. The first kappa shape index (κ1) is 21.6. The molecule has 160 valence electrons. The van der Waals surface area contributed by atoms with Crippen molar-refractivity contribution >= 4 is 28.0 Å². The molecule has 8 nitrogen and oxygen atoms in total. The number of rotatable bonds is 7. The van der Waals surface area contributed by atoms with Crippen LogP contribution >= 0.6 is 0 Å². The first-order chi connectivity index (χ1) is 14.3. The summed E-state index contributed by atoms with van der Waals surface area (Å²) >= 11 is 0. The number of benzene rings is 2. The van der Waals surface area contributed by atoms with E-state index in [4.69, 9.17) is 4.74 Å². The van der Waals surface area contributed by atoms with Gasteiger partial charge in [0.25, 0.3) is 10.0 Å². The Labute approximate surface area is 174 Å². The number of carbonyl (C=O) groups is 2. The third-order valence-electron chi connectivity index (χ3n) is 4.86. The highest BCUT2D eigenvalue weighted by molar-refractivity contribution is 7.92. The van der Waals surface area contributed by atoms with Crippen molar-refractivity contribution in [2.45, 2.75) is 4.90 Å². The van der Waals surface area contributed by atoms with Gasteiger partial charge in [0.2, 0.25) is 12.3 Å². The summed E-state index contributed by atoms with van der Waals surface area (Å²) in [5, 5.41) is 0. The summed E-state index contributed by atoms with van der Waals surface area (Å²) in [5.41, 5.74) is 0.173. The van der Waals surface area contributed by atoms with E-state index in [-0.39, 0.29) is 10.6 Å². The molecule has 2 amide bonds. The van der Waals surface area contributed by atoms with Crippen molar-refractivity contribution in [2.75, 3.05) is 44.1 Å². The lowest BCUT2D eigenvalue weighted by Crippen LogP contribution is -2.51. The Bertz CT molecular complexity index is 988. The van der Waals surface area contributed by atoms with E-state index in [2.05, 4.69) is 0 Å². The monoisotopic (exact) mass is 435 g/mol. The number of anilines is 1. The van der Waals surface area contributed by atoms with Gasteiger partial charge in [0.05, 0.1) is 17.7 Å². The summed E-state index contributed by atoms with van der Waals surface area (Å²) in [6, 6.07) is 10.7. The Hall–Kier alpha value is -3.14. The molecule has 10 heteroatoms. The zero-order valence-electron chi connectivity index (χ0n) is 16.4. The molecule has 1 aliphatic rings. The van der Waals surface area contributed by atoms with Gasteiger partial charge in [-0.3, -0.25) is 13.9 Å². The molecular weight excluding hydrogens is 413 g/mol. The smallest absolute Gasteiger partial charge is 0.264 e. The third kappa shape index (κ3) is 4.70. The van der Waals surface area contributed by atoms with Gasteiger partial charge in [-0.1, -0.05) is 0 Å². The summed E-state index contributed by atoms with van der Waals surface area (Å²) in [5.74, 6) is -0.426. The fourth-order valence-corrected chi connectivity index (χ4v) is 4.51. The fourth-order valence-electron chi connectivity index (χ4n) is 3.10. The van der Waals surface area contributed by atoms with Gasteiger partial charge < -0.3 is 14.5 Å². The molecule has 0 aliphatic carbocycles. The first-order valence-corrected chi connectivity index (χ1v) is 10.7. The number of ether oxygens (including phenoxy) is 1. The van der Waals surface area contributed by atoms with Crippen LogP contribution in [0.5, 0.6) is 5.75 Å². The largest absolute Gasteiger partial charge is 0.497 e. The molecule has 0 bridgehead atoms. The molecule has 0 aromatic heterocycles. The van der Waals surface area contributed by atoms with Crippen molar-refractivity contribution < 1.29 is 27.1 Å². The Morgan fingerprint density at radius 2 is 1.67 bits per heavy atom. The molecule has 1 saturated heterocycles. The number of carbonyl (C=O) groups excluding carboxylic acids is 2.